The van der Waals surface area contributed by atoms with Crippen LogP contribution in [0.2, 0.25) is 0 Å². The highest BCUT2D eigenvalue weighted by molar-refractivity contribution is 5.42. The van der Waals surface area contributed by atoms with Crippen molar-refractivity contribution in [3.63, 3.8) is 0 Å². The van der Waals surface area contributed by atoms with Crippen molar-refractivity contribution in [3.05, 3.63) is 17.7 Å². The molecule has 1 heterocycles. The van der Waals surface area contributed by atoms with E-state index < -0.39 is 11.7 Å². The highest BCUT2D eigenvalue weighted by atomic mass is 19.4. The van der Waals surface area contributed by atoms with Crippen LogP contribution in [0, 0.1) is 0 Å². The lowest BCUT2D eigenvalue weighted by Crippen LogP contribution is -2.10. The second-order valence-electron chi connectivity index (χ2n) is 4.13. The Bertz CT molecular complexity index is 428. The van der Waals surface area contributed by atoms with Crippen molar-refractivity contribution in [1.29, 1.82) is 0 Å². The third kappa shape index (κ3) is 6.63. The van der Waals surface area contributed by atoms with Gasteiger partial charge in [-0.2, -0.15) is 18.2 Å². The molecule has 1 aromatic rings. The Labute approximate surface area is 121 Å². The fourth-order valence-electron chi connectivity index (χ4n) is 1.45. The van der Waals surface area contributed by atoms with E-state index in [9.17, 15) is 13.2 Å². The molecule has 0 amide bonds. The normalized spacial score (nSPS) is 11.5. The predicted octanol–water partition coefficient (Wildman–Crippen LogP) is 2.57. The number of nitrogens with one attached hydrogen (secondary N) is 1. The van der Waals surface area contributed by atoms with Gasteiger partial charge in [0.1, 0.15) is 5.82 Å². The average Bonchev–Trinajstić information content (AvgIpc) is 2.45. The van der Waals surface area contributed by atoms with Crippen molar-refractivity contribution < 1.29 is 27.4 Å². The topological polar surface area (TPSA) is 52.6 Å². The van der Waals surface area contributed by atoms with Crippen molar-refractivity contribution in [3.8, 4) is 5.88 Å². The summed E-state index contributed by atoms with van der Waals surface area (Å²) in [4.78, 5) is 3.92. The lowest BCUT2D eigenvalue weighted by molar-refractivity contribution is -0.137. The largest absolute Gasteiger partial charge is 0.478 e. The van der Waals surface area contributed by atoms with Crippen LogP contribution in [0.5, 0.6) is 5.88 Å². The van der Waals surface area contributed by atoms with Crippen LogP contribution in [0.15, 0.2) is 12.1 Å². The summed E-state index contributed by atoms with van der Waals surface area (Å²) in [6.07, 6.45) is -3.88. The van der Waals surface area contributed by atoms with E-state index in [-0.39, 0.29) is 18.3 Å². The molecule has 0 aliphatic carbocycles. The van der Waals surface area contributed by atoms with Crippen LogP contribution < -0.4 is 10.1 Å². The van der Waals surface area contributed by atoms with E-state index in [1.807, 2.05) is 0 Å². The van der Waals surface area contributed by atoms with Crippen LogP contribution in [0.4, 0.5) is 19.0 Å². The Kier molecular flexibility index (Phi) is 7.24. The molecule has 5 nitrogen and oxygen atoms in total. The van der Waals surface area contributed by atoms with Gasteiger partial charge >= 0.3 is 6.18 Å². The van der Waals surface area contributed by atoms with Gasteiger partial charge < -0.3 is 19.5 Å². The first-order valence-corrected chi connectivity index (χ1v) is 6.44. The summed E-state index contributed by atoms with van der Waals surface area (Å²) in [5, 5.41) is 2.57. The molecule has 0 aliphatic heterocycles. The Hall–Kier alpha value is -1.54. The van der Waals surface area contributed by atoms with E-state index in [0.717, 1.165) is 12.1 Å². The second kappa shape index (κ2) is 8.68. The van der Waals surface area contributed by atoms with Gasteiger partial charge in [0.2, 0.25) is 5.88 Å². The molecule has 0 bridgehead atoms. The number of aromatic nitrogens is 1. The molecule has 0 fully saturated rings. The zero-order chi connectivity index (χ0) is 15.7. The summed E-state index contributed by atoms with van der Waals surface area (Å²) >= 11 is 0. The molecule has 21 heavy (non-hydrogen) atoms. The molecule has 8 heteroatoms. The zero-order valence-electron chi connectivity index (χ0n) is 12.0. The van der Waals surface area contributed by atoms with Gasteiger partial charge in [-0.25, -0.2) is 0 Å². The van der Waals surface area contributed by atoms with Gasteiger partial charge in [0.25, 0.3) is 0 Å². The molecule has 0 aromatic carbocycles. The third-order valence-corrected chi connectivity index (χ3v) is 2.50. The minimum atomic E-state index is -4.43. The molecule has 0 aliphatic rings. The Balaban J connectivity index is 2.47. The molecule has 1 aromatic heterocycles. The van der Waals surface area contributed by atoms with Gasteiger partial charge in [-0.15, -0.1) is 0 Å². The fraction of sp³-hybridized carbons (Fsp3) is 0.615. The number of alkyl halides is 3. The van der Waals surface area contributed by atoms with E-state index >= 15 is 0 Å². The van der Waals surface area contributed by atoms with Crippen LogP contribution in [0.25, 0.3) is 0 Å². The molecule has 120 valence electrons. The van der Waals surface area contributed by atoms with Crippen LogP contribution in [0.1, 0.15) is 12.0 Å². The summed E-state index contributed by atoms with van der Waals surface area (Å²) in [5.41, 5.74) is -0.798. The molecular formula is C13H19F3N2O3. The Morgan fingerprint density at radius 1 is 1.14 bits per heavy atom. The molecule has 0 saturated heterocycles. The maximum atomic E-state index is 12.7. The standard InChI is InChI=1S/C13H19F3N2O3/c1-17-11-8-10(13(14,15)16)9-12(18-11)21-5-3-4-20-7-6-19-2/h8-9H,3-7H2,1-2H3,(H,17,18). The Morgan fingerprint density at radius 3 is 2.52 bits per heavy atom. The minimum absolute atomic E-state index is 0.0638. The molecule has 0 radical (unpaired) electrons. The van der Waals surface area contributed by atoms with Gasteiger partial charge in [0, 0.05) is 33.3 Å². The van der Waals surface area contributed by atoms with Gasteiger partial charge in [0.05, 0.1) is 25.4 Å². The Morgan fingerprint density at radius 2 is 1.90 bits per heavy atom. The van der Waals surface area contributed by atoms with Crippen molar-refractivity contribution in [1.82, 2.24) is 4.98 Å². The van der Waals surface area contributed by atoms with E-state index in [4.69, 9.17) is 14.2 Å². The summed E-state index contributed by atoms with van der Waals surface area (Å²) in [6.45, 7) is 1.65. The van der Waals surface area contributed by atoms with Gasteiger partial charge in [0.15, 0.2) is 0 Å². The lowest BCUT2D eigenvalue weighted by Gasteiger charge is -2.12. The summed E-state index contributed by atoms with van der Waals surface area (Å²) < 4.78 is 53.4. The first-order valence-electron chi connectivity index (χ1n) is 6.44. The first kappa shape index (κ1) is 17.5. The number of anilines is 1. The maximum absolute atomic E-state index is 12.7. The molecule has 0 unspecified atom stereocenters. The number of pyridine rings is 1. The summed E-state index contributed by atoms with van der Waals surface area (Å²) in [5.74, 6) is 0.0437. The van der Waals surface area contributed by atoms with Crippen molar-refractivity contribution in [2.75, 3.05) is 45.9 Å². The third-order valence-electron chi connectivity index (χ3n) is 2.50. The quantitative estimate of drug-likeness (QED) is 0.711. The number of ether oxygens (including phenoxy) is 3. The number of rotatable bonds is 9. The molecule has 0 spiro atoms. The van der Waals surface area contributed by atoms with E-state index in [2.05, 4.69) is 10.3 Å². The van der Waals surface area contributed by atoms with Crippen molar-refractivity contribution >= 4 is 5.82 Å². The molecule has 1 rings (SSSR count). The van der Waals surface area contributed by atoms with Crippen LogP contribution in [-0.2, 0) is 15.7 Å². The first-order chi connectivity index (χ1) is 9.97. The summed E-state index contributed by atoms with van der Waals surface area (Å²) in [7, 11) is 3.07. The van der Waals surface area contributed by atoms with Gasteiger partial charge in [-0.1, -0.05) is 0 Å². The molecule has 0 saturated carbocycles. The van der Waals surface area contributed by atoms with Crippen LogP contribution >= 0.6 is 0 Å². The average molecular weight is 308 g/mol. The smallest absolute Gasteiger partial charge is 0.416 e. The van der Waals surface area contributed by atoms with Gasteiger partial charge in [-0.05, 0) is 6.07 Å². The van der Waals surface area contributed by atoms with E-state index in [1.165, 1.54) is 7.05 Å². The minimum Gasteiger partial charge on any atom is -0.478 e. The number of methoxy groups -OCH3 is 1. The lowest BCUT2D eigenvalue weighted by atomic mass is 10.2. The van der Waals surface area contributed by atoms with E-state index in [0.29, 0.717) is 26.2 Å². The second-order valence-corrected chi connectivity index (χ2v) is 4.13. The fourth-order valence-corrected chi connectivity index (χ4v) is 1.45. The predicted molar refractivity (Wildman–Crippen MR) is 71.6 cm³/mol. The molecule has 1 N–H and O–H groups in total. The number of hydrogen-bond donors (Lipinski definition) is 1. The van der Waals surface area contributed by atoms with Gasteiger partial charge in [-0.3, -0.25) is 0 Å². The highest BCUT2D eigenvalue weighted by Crippen LogP contribution is 2.32. The van der Waals surface area contributed by atoms with Crippen molar-refractivity contribution in [2.24, 2.45) is 0 Å². The monoisotopic (exact) mass is 308 g/mol. The number of nitrogens with zero attached hydrogens (tertiary/aromatic N) is 1. The van der Waals surface area contributed by atoms with Crippen LogP contribution in [0.3, 0.4) is 0 Å². The summed E-state index contributed by atoms with van der Waals surface area (Å²) in [6, 6.07) is 1.81. The number of halogens is 3. The zero-order valence-corrected chi connectivity index (χ0v) is 12.0. The molecular weight excluding hydrogens is 289 g/mol. The van der Waals surface area contributed by atoms with E-state index in [1.54, 1.807) is 7.11 Å². The highest BCUT2D eigenvalue weighted by Gasteiger charge is 2.31. The maximum Gasteiger partial charge on any atom is 0.416 e. The van der Waals surface area contributed by atoms with Crippen LogP contribution in [-0.4, -0.2) is 45.6 Å². The SMILES string of the molecule is CNc1cc(C(F)(F)F)cc(OCCCOCCOC)n1. The molecule has 0 atom stereocenters. The van der Waals surface area contributed by atoms with Crippen molar-refractivity contribution in [2.45, 2.75) is 12.6 Å². The number of hydrogen-bond acceptors (Lipinski definition) is 5.